The van der Waals surface area contributed by atoms with Gasteiger partial charge in [-0.2, -0.15) is 0 Å². The number of hydrogen-bond donors (Lipinski definition) is 3. The Hall–Kier alpha value is -3.46. The van der Waals surface area contributed by atoms with E-state index in [9.17, 15) is 14.0 Å². The summed E-state index contributed by atoms with van der Waals surface area (Å²) in [6.07, 6.45) is 1.85. The third-order valence-electron chi connectivity index (χ3n) is 5.29. The molecular weight excluding hydrogens is 417 g/mol. The number of fused-ring (bicyclic) bond motifs is 2. The highest BCUT2D eigenvalue weighted by Crippen LogP contribution is 2.23. The minimum atomic E-state index is -0.534. The number of imidazole rings is 1. The monoisotopic (exact) mass is 439 g/mol. The van der Waals surface area contributed by atoms with Gasteiger partial charge in [0.05, 0.1) is 16.6 Å². The number of halogens is 1. The van der Waals surface area contributed by atoms with Crippen molar-refractivity contribution in [2.24, 2.45) is 0 Å². The molecule has 0 spiro atoms. The lowest BCUT2D eigenvalue weighted by Crippen LogP contribution is -2.33. The van der Waals surface area contributed by atoms with Gasteiger partial charge in [-0.3, -0.25) is 9.59 Å². The zero-order chi connectivity index (χ0) is 22.1. The van der Waals surface area contributed by atoms with Gasteiger partial charge in [-0.05, 0) is 62.5 Å². The van der Waals surface area contributed by atoms with Crippen LogP contribution < -0.4 is 5.32 Å². The van der Waals surface area contributed by atoms with Gasteiger partial charge >= 0.3 is 0 Å². The first-order valence-electron chi connectivity index (χ1n) is 9.99. The summed E-state index contributed by atoms with van der Waals surface area (Å²) in [6.45, 7) is 5.51. The lowest BCUT2D eigenvalue weighted by atomic mass is 10.1. The van der Waals surface area contributed by atoms with Crippen LogP contribution in [0.3, 0.4) is 0 Å². The van der Waals surface area contributed by atoms with Gasteiger partial charge in [0.15, 0.2) is 4.77 Å². The third kappa shape index (κ3) is 4.09. The second-order valence-corrected chi connectivity index (χ2v) is 7.60. The summed E-state index contributed by atoms with van der Waals surface area (Å²) < 4.78 is 16.2. The molecule has 31 heavy (non-hydrogen) atoms. The number of aromatic amines is 2. The number of likely N-dealkylation sites (N-methyl/N-ethyl adjacent to an activating group) is 1. The van der Waals surface area contributed by atoms with E-state index in [4.69, 9.17) is 12.2 Å². The number of aromatic nitrogens is 3. The number of carbonyl (C=O) groups is 2. The number of nitrogens with zero attached hydrogens (tertiary/aromatic N) is 2. The first-order chi connectivity index (χ1) is 14.9. The van der Waals surface area contributed by atoms with E-state index in [-0.39, 0.29) is 18.0 Å². The van der Waals surface area contributed by atoms with Crippen LogP contribution in [0.25, 0.3) is 21.9 Å². The fourth-order valence-electron chi connectivity index (χ4n) is 3.72. The number of rotatable bonds is 6. The van der Waals surface area contributed by atoms with Gasteiger partial charge in [0.2, 0.25) is 5.91 Å². The van der Waals surface area contributed by atoms with E-state index in [2.05, 4.69) is 15.3 Å². The van der Waals surface area contributed by atoms with E-state index in [1.165, 1.54) is 12.1 Å². The zero-order valence-corrected chi connectivity index (χ0v) is 18.0. The topological polar surface area (TPSA) is 85.9 Å². The van der Waals surface area contributed by atoms with Crippen LogP contribution in [0.1, 0.15) is 24.2 Å². The SMILES string of the molecule is CCN(CC)C(=O)Cn1ccc2cc(NC(=O)c3cc(F)cc4[nH]c(=S)[nH]c34)ccc21. The largest absolute Gasteiger partial charge is 0.342 e. The fourth-order valence-corrected chi connectivity index (χ4v) is 3.93. The Bertz CT molecular complexity index is 1350. The van der Waals surface area contributed by atoms with E-state index in [1.54, 1.807) is 11.0 Å². The van der Waals surface area contributed by atoms with Crippen molar-refractivity contribution >= 4 is 51.7 Å². The quantitative estimate of drug-likeness (QED) is 0.388. The van der Waals surface area contributed by atoms with Crippen LogP contribution in [0, 0.1) is 10.6 Å². The van der Waals surface area contributed by atoms with Gasteiger partial charge in [-0.15, -0.1) is 0 Å². The Labute approximate surface area is 182 Å². The highest BCUT2D eigenvalue weighted by molar-refractivity contribution is 7.71. The molecule has 4 aromatic rings. The number of benzene rings is 2. The molecule has 0 aliphatic carbocycles. The van der Waals surface area contributed by atoms with Crippen molar-refractivity contribution in [3.63, 3.8) is 0 Å². The molecule has 9 heteroatoms. The van der Waals surface area contributed by atoms with E-state index >= 15 is 0 Å². The van der Waals surface area contributed by atoms with Crippen molar-refractivity contribution < 1.29 is 14.0 Å². The van der Waals surface area contributed by atoms with Crippen molar-refractivity contribution in [1.29, 1.82) is 0 Å². The predicted octanol–water partition coefficient (Wildman–Crippen LogP) is 4.44. The molecule has 2 amide bonds. The van der Waals surface area contributed by atoms with Crippen LogP contribution in [-0.2, 0) is 11.3 Å². The first-order valence-corrected chi connectivity index (χ1v) is 10.4. The van der Waals surface area contributed by atoms with Crippen molar-refractivity contribution in [3.8, 4) is 0 Å². The maximum absolute atomic E-state index is 13.9. The number of hydrogen-bond acceptors (Lipinski definition) is 3. The molecule has 0 aliphatic rings. The minimum Gasteiger partial charge on any atom is -0.342 e. The summed E-state index contributed by atoms with van der Waals surface area (Å²) in [4.78, 5) is 32.7. The van der Waals surface area contributed by atoms with E-state index in [0.717, 1.165) is 10.9 Å². The number of carbonyl (C=O) groups excluding carboxylic acids is 2. The molecule has 0 atom stereocenters. The van der Waals surface area contributed by atoms with Gasteiger partial charge in [0.1, 0.15) is 12.4 Å². The number of H-pyrrole nitrogens is 2. The fraction of sp³-hybridized carbons (Fsp3) is 0.227. The van der Waals surface area contributed by atoms with Crippen LogP contribution in [0.15, 0.2) is 42.6 Å². The minimum absolute atomic E-state index is 0.0545. The highest BCUT2D eigenvalue weighted by atomic mass is 32.1. The van der Waals surface area contributed by atoms with Crippen LogP contribution in [0.4, 0.5) is 10.1 Å². The molecule has 2 aromatic carbocycles. The van der Waals surface area contributed by atoms with Crippen LogP contribution >= 0.6 is 12.2 Å². The summed E-state index contributed by atoms with van der Waals surface area (Å²) in [6, 6.07) is 9.78. The molecule has 0 fully saturated rings. The van der Waals surface area contributed by atoms with Gasteiger partial charge in [-0.1, -0.05) is 0 Å². The van der Waals surface area contributed by atoms with Crippen LogP contribution in [-0.4, -0.2) is 44.3 Å². The highest BCUT2D eigenvalue weighted by Gasteiger charge is 2.16. The summed E-state index contributed by atoms with van der Waals surface area (Å²) in [7, 11) is 0. The maximum Gasteiger partial charge on any atom is 0.257 e. The molecule has 2 aromatic heterocycles. The Balaban J connectivity index is 1.58. The van der Waals surface area contributed by atoms with Gasteiger partial charge < -0.3 is 24.8 Å². The first kappa shape index (κ1) is 20.8. The molecule has 0 bridgehead atoms. The van der Waals surface area contributed by atoms with Gasteiger partial charge in [0, 0.05) is 35.9 Å². The zero-order valence-electron chi connectivity index (χ0n) is 17.2. The van der Waals surface area contributed by atoms with Crippen LogP contribution in [0.2, 0.25) is 0 Å². The summed E-state index contributed by atoms with van der Waals surface area (Å²) in [5.74, 6) is -0.933. The molecule has 0 unspecified atom stereocenters. The average Bonchev–Trinajstić information content (AvgIpc) is 3.30. The number of anilines is 1. The lowest BCUT2D eigenvalue weighted by molar-refractivity contribution is -0.131. The van der Waals surface area contributed by atoms with Gasteiger partial charge in [-0.25, -0.2) is 4.39 Å². The standard InChI is InChI=1S/C22H22FN5O2S/c1-3-27(4-2)19(29)12-28-8-7-13-9-15(5-6-18(13)28)24-21(30)16-10-14(23)11-17-20(16)26-22(31)25-17/h5-11H,3-4,12H2,1-2H3,(H,24,30)(H2,25,26,31). The molecule has 160 valence electrons. The smallest absolute Gasteiger partial charge is 0.257 e. The third-order valence-corrected chi connectivity index (χ3v) is 5.49. The van der Waals surface area contributed by atoms with Crippen molar-refractivity contribution in [2.45, 2.75) is 20.4 Å². The molecule has 2 heterocycles. The Morgan fingerprint density at radius 3 is 2.65 bits per heavy atom. The molecule has 4 rings (SSSR count). The van der Waals surface area contributed by atoms with Crippen molar-refractivity contribution in [3.05, 3.63) is 58.7 Å². The maximum atomic E-state index is 13.9. The van der Waals surface area contributed by atoms with Crippen molar-refractivity contribution in [1.82, 2.24) is 19.4 Å². The van der Waals surface area contributed by atoms with Crippen molar-refractivity contribution in [2.75, 3.05) is 18.4 Å². The molecule has 3 N–H and O–H groups in total. The van der Waals surface area contributed by atoms with E-state index in [1.807, 2.05) is 42.8 Å². The Morgan fingerprint density at radius 1 is 1.13 bits per heavy atom. The summed E-state index contributed by atoms with van der Waals surface area (Å²) in [5.41, 5.74) is 2.50. The molecule has 0 aliphatic heterocycles. The average molecular weight is 440 g/mol. The molecular formula is C22H22FN5O2S. The molecule has 7 nitrogen and oxygen atoms in total. The van der Waals surface area contributed by atoms with Crippen LogP contribution in [0.5, 0.6) is 0 Å². The van der Waals surface area contributed by atoms with Gasteiger partial charge in [0.25, 0.3) is 5.91 Å². The summed E-state index contributed by atoms with van der Waals surface area (Å²) >= 11 is 5.05. The second kappa shape index (κ2) is 8.35. The summed E-state index contributed by atoms with van der Waals surface area (Å²) in [5, 5.41) is 3.69. The normalized spacial score (nSPS) is 11.2. The number of nitrogens with one attached hydrogen (secondary N) is 3. The molecule has 0 radical (unpaired) electrons. The Morgan fingerprint density at radius 2 is 1.90 bits per heavy atom. The molecule has 0 saturated heterocycles. The predicted molar refractivity (Wildman–Crippen MR) is 121 cm³/mol. The number of amides is 2. The second-order valence-electron chi connectivity index (χ2n) is 7.19. The van der Waals surface area contributed by atoms with E-state index in [0.29, 0.717) is 34.6 Å². The molecule has 0 saturated carbocycles. The Kier molecular flexibility index (Phi) is 5.60. The lowest BCUT2D eigenvalue weighted by Gasteiger charge is -2.19. The van der Waals surface area contributed by atoms with E-state index < -0.39 is 11.7 Å².